The molecule has 17 aromatic carbocycles. The van der Waals surface area contributed by atoms with Crippen molar-refractivity contribution in [2.24, 2.45) is 0 Å². The molecule has 0 radical (unpaired) electrons. The molecule has 0 amide bonds. The molecule has 0 aromatic heterocycles. The Kier molecular flexibility index (Phi) is 6.53. The average molecular weight is 1310 g/mol. The quantitative estimate of drug-likeness (QED) is 0.0295. The van der Waals surface area contributed by atoms with Crippen LogP contribution in [0.1, 0.15) is 113 Å². The first kappa shape index (κ1) is 48.8. The van der Waals surface area contributed by atoms with E-state index < -0.39 is 23.9 Å². The number of rotatable bonds is 26. The summed E-state index contributed by atoms with van der Waals surface area (Å²) >= 11 is 0. The molecular formula is C84H50N4O12. The Morgan fingerprint density at radius 2 is 0.680 bits per heavy atom. The summed E-state index contributed by atoms with van der Waals surface area (Å²) in [7, 11) is 0. The molecule has 2 fully saturated rings. The molecule has 0 saturated carbocycles. The second kappa shape index (κ2) is 13.4. The van der Waals surface area contributed by atoms with E-state index >= 15 is 0 Å². The van der Waals surface area contributed by atoms with Crippen LogP contribution in [-0.4, -0.2) is 195 Å². The number of likely N-dealkylation sites (tertiary alicyclic amines) is 2. The predicted octanol–water partition coefficient (Wildman–Crippen LogP) is 10.0. The Morgan fingerprint density at radius 3 is 1.25 bits per heavy atom. The van der Waals surface area contributed by atoms with Crippen LogP contribution in [0.5, 0.6) is 0 Å². The van der Waals surface area contributed by atoms with E-state index in [0.29, 0.717) is 51.5 Å². The van der Waals surface area contributed by atoms with Gasteiger partial charge in [-0.2, -0.15) is 0 Å². The van der Waals surface area contributed by atoms with E-state index in [1.54, 1.807) is 261 Å². The Balaban J connectivity index is 0.660. The second-order valence-corrected chi connectivity index (χ2v) is 34.6. The summed E-state index contributed by atoms with van der Waals surface area (Å²) in [5, 5.41) is 92.6. The van der Waals surface area contributed by atoms with Gasteiger partial charge in [-0.3, -0.25) is 38.8 Å². The number of benzene rings is 12. The normalized spacial score (nSPS) is 29.2. The summed E-state index contributed by atoms with van der Waals surface area (Å²) in [5.74, 6) is -2.53. The van der Waals surface area contributed by atoms with E-state index in [4.69, 9.17) is 18.9 Å². The van der Waals surface area contributed by atoms with E-state index in [1.807, 2.05) is 11.1 Å². The van der Waals surface area contributed by atoms with Crippen molar-refractivity contribution in [3.63, 3.8) is 0 Å². The van der Waals surface area contributed by atoms with Crippen LogP contribution in [0.15, 0.2) is 0 Å². The number of ether oxygens (including phenoxy) is 4. The van der Waals surface area contributed by atoms with E-state index in [9.17, 15) is 39.6 Å². The number of carboxylic acid groups (broad SMARTS) is 4. The van der Waals surface area contributed by atoms with Crippen LogP contribution >= 0.6 is 0 Å². The summed E-state index contributed by atoms with van der Waals surface area (Å²) in [6.07, 6.45) is 0. The van der Waals surface area contributed by atoms with Crippen molar-refractivity contribution < 1.29 is 58.6 Å². The standard InChI is InChI=1S/C84H50N4O12/c89-21(90)13-85(14-22(91)92)1-5-97-9-11-99-7-3-87-17-81-73-57-41-29-27-25-26-28-30-32-37-47-35(28)45(33(25)41)61(73)63(47)75-65-49(37)40-44(32)60-58-42(30)34(26)46-36(27)48-38-31(29)43-39-50(38)66-70-54-51(39)67(77(81)59(43)57)71-55(54)56-53(69(65)79(71)83(75,81)19-87)52(40)68-72(56)80(70)84-20-88(18-82(84,78(60)68)74(58)62(46)64(48)76(66)84)4-8-100-12-10-98-6-2-86(15-23(93)94)16-24(95)96/h49,62,65,72,74,80H,1-20H2,(H,89,90)(H,91,92)(H,93,94)(H,95,96). The molecule has 2 heterocycles. The lowest BCUT2D eigenvalue weighted by atomic mass is 9.40. The number of carbonyl (C=O) groups is 4. The van der Waals surface area contributed by atoms with Crippen LogP contribution in [-0.2, 0) is 59.8 Å². The summed E-state index contributed by atoms with van der Waals surface area (Å²) in [6.45, 7) is 7.71. The van der Waals surface area contributed by atoms with Crippen molar-refractivity contribution >= 4 is 202 Å². The molecule has 2 aliphatic heterocycles. The lowest BCUT2D eigenvalue weighted by Gasteiger charge is -2.60. The van der Waals surface area contributed by atoms with Gasteiger partial charge in [0.2, 0.25) is 0 Å². The predicted molar refractivity (Wildman–Crippen MR) is 375 cm³/mol. The van der Waals surface area contributed by atoms with E-state index in [-0.39, 0.29) is 97.8 Å². The van der Waals surface area contributed by atoms with Crippen LogP contribution in [0.2, 0.25) is 0 Å². The van der Waals surface area contributed by atoms with Crippen molar-refractivity contribution in [3.05, 3.63) is 83.1 Å². The number of aliphatic carboxylic acids is 4. The van der Waals surface area contributed by atoms with Crippen LogP contribution in [0.4, 0.5) is 0 Å². The van der Waals surface area contributed by atoms with Crippen molar-refractivity contribution in [3.8, 4) is 11.1 Å². The highest BCUT2D eigenvalue weighted by atomic mass is 16.5. The van der Waals surface area contributed by atoms with Crippen LogP contribution in [0.25, 0.3) is 189 Å². The lowest BCUT2D eigenvalue weighted by molar-refractivity contribution is -0.144. The molecule has 100 heavy (non-hydrogen) atoms. The molecule has 16 nitrogen and oxygen atoms in total. The molecule has 16 heteroatoms. The van der Waals surface area contributed by atoms with Crippen molar-refractivity contribution in [1.29, 1.82) is 0 Å². The first-order valence-corrected chi connectivity index (χ1v) is 36.9. The minimum atomic E-state index is -1.06. The maximum atomic E-state index is 11.6. The first-order valence-electron chi connectivity index (χ1n) is 36.9. The molecule has 4 N–H and O–H groups in total. The largest absolute Gasteiger partial charge is 0.480 e. The molecule has 4 spiro atoms. The fraction of sp³-hybridized carbons (Fsp3) is 0.357. The summed E-state index contributed by atoms with van der Waals surface area (Å²) in [6, 6.07) is 0. The number of nitrogens with zero attached hydrogens (tertiary/aromatic N) is 4. The van der Waals surface area contributed by atoms with Crippen LogP contribution in [0.3, 0.4) is 0 Å². The Bertz CT molecular complexity index is 7460. The van der Waals surface area contributed by atoms with Gasteiger partial charge in [0.15, 0.2) is 0 Å². The molecule has 17 aliphatic rings. The van der Waals surface area contributed by atoms with Gasteiger partial charge in [-0.1, -0.05) is 0 Å². The summed E-state index contributed by atoms with van der Waals surface area (Å²) in [5.41, 5.74) is 28.9. The Morgan fingerprint density at radius 1 is 0.320 bits per heavy atom. The van der Waals surface area contributed by atoms with Gasteiger partial charge in [-0.15, -0.1) is 0 Å². The lowest BCUT2D eigenvalue weighted by Crippen LogP contribution is -2.60. The minimum Gasteiger partial charge on any atom is -0.480 e. The third kappa shape index (κ3) is 3.65. The van der Waals surface area contributed by atoms with Gasteiger partial charge in [0.05, 0.1) is 84.4 Å². The average Bonchev–Trinajstić information content (AvgIpc) is 1.38. The van der Waals surface area contributed by atoms with Crippen molar-refractivity contribution in [2.45, 2.75) is 57.2 Å². The maximum absolute atomic E-state index is 11.6. The summed E-state index contributed by atoms with van der Waals surface area (Å²) in [4.78, 5) is 54.9. The van der Waals surface area contributed by atoms with E-state index in [1.165, 1.54) is 9.80 Å². The van der Waals surface area contributed by atoms with Gasteiger partial charge in [0.1, 0.15) is 0 Å². The smallest absolute Gasteiger partial charge is 0.317 e. The fourth-order valence-electron chi connectivity index (χ4n) is 32.3. The molecule has 0 bridgehead atoms. The van der Waals surface area contributed by atoms with Gasteiger partial charge < -0.3 is 39.4 Å². The molecule has 15 aliphatic carbocycles. The topological polar surface area (TPSA) is 199 Å². The fourth-order valence-corrected chi connectivity index (χ4v) is 32.3. The molecule has 10 atom stereocenters. The highest BCUT2D eigenvalue weighted by Gasteiger charge is 2.84. The molecule has 478 valence electrons. The maximum Gasteiger partial charge on any atom is 0.317 e. The van der Waals surface area contributed by atoms with Crippen molar-refractivity contribution in [2.75, 3.05) is 131 Å². The Hall–Kier alpha value is -8.94. The van der Waals surface area contributed by atoms with E-state index in [2.05, 4.69) is 9.80 Å². The zero-order valence-corrected chi connectivity index (χ0v) is 53.4. The van der Waals surface area contributed by atoms with Gasteiger partial charge in [0, 0.05) is 104 Å². The highest BCUT2D eigenvalue weighted by molar-refractivity contribution is 6.69. The van der Waals surface area contributed by atoms with E-state index in [0.717, 1.165) is 39.3 Å². The number of carboxylic acids is 4. The van der Waals surface area contributed by atoms with Crippen LogP contribution < -0.4 is 5.22 Å². The minimum absolute atomic E-state index is 0.178. The number of hydrogen-bond acceptors (Lipinski definition) is 12. The zero-order valence-electron chi connectivity index (χ0n) is 53.4. The number of hydrogen-bond donors (Lipinski definition) is 4. The molecule has 2 saturated heterocycles. The van der Waals surface area contributed by atoms with Gasteiger partial charge in [-0.05, 0) is 272 Å². The Labute approximate surface area is 559 Å². The molecular weight excluding hydrogens is 1260 g/mol. The second-order valence-electron chi connectivity index (χ2n) is 34.6. The SMILES string of the molecule is O=C(O)CN(CCOCCOCCN1CC23C4=c5c6c7c8c9c%10c%11c%12c%13c9c9c%14c%15c%16c%17c%18c%19c%20c%21c%22c%23c%24c(c-%11c(c2c%24c2c%11c%24c%25c(c5c5c6c(c8%14)c%15c6c%17c(c%25c56)c5c%18c%21c(c%232)c%245)C%113C1)C4C%107)C%12C%22C%201CN(CCOCCOCCN(CC(=O)O)CC(=O)O)CC%131C9C%19%16)CC(=O)O. The van der Waals surface area contributed by atoms with Gasteiger partial charge in [0.25, 0.3) is 0 Å². The van der Waals surface area contributed by atoms with Gasteiger partial charge >= 0.3 is 23.9 Å². The van der Waals surface area contributed by atoms with Gasteiger partial charge in [-0.25, -0.2) is 0 Å². The van der Waals surface area contributed by atoms with Crippen molar-refractivity contribution in [1.82, 2.24) is 19.6 Å². The first-order chi connectivity index (χ1) is 49.0. The van der Waals surface area contributed by atoms with Crippen LogP contribution in [0, 0.1) is 0 Å². The molecule has 34 rings (SSSR count). The summed E-state index contributed by atoms with van der Waals surface area (Å²) < 4.78 is 25.4. The molecule has 10 unspecified atom stereocenters. The third-order valence-corrected chi connectivity index (χ3v) is 32.7. The third-order valence-electron chi connectivity index (χ3n) is 32.7. The highest BCUT2D eigenvalue weighted by Crippen LogP contribution is 2.93. The molecule has 17 aromatic rings. The monoisotopic (exact) mass is 1310 g/mol. The zero-order chi connectivity index (χ0) is 63.9.